The molecule has 104 valence electrons. The molecule has 0 aliphatic rings. The monoisotopic (exact) mass is 288 g/mol. The Morgan fingerprint density at radius 1 is 1.00 bits per heavy atom. The van der Waals surface area contributed by atoms with Crippen molar-refractivity contribution in [3.05, 3.63) is 72.0 Å². The van der Waals surface area contributed by atoms with Gasteiger partial charge < -0.3 is 4.18 Å². The average molecular weight is 288 g/mol. The summed E-state index contributed by atoms with van der Waals surface area (Å²) in [6, 6.07) is 16.0. The van der Waals surface area contributed by atoms with E-state index in [2.05, 4.69) is 0 Å². The molecule has 4 heteroatoms. The second-order valence-corrected chi connectivity index (χ2v) is 6.10. The fraction of sp³-hybridized carbons (Fsp3) is 0.125. The standard InChI is InChI=1S/C16H16O3S/c1-13-8-10-16(11-9-13)20(17,18)19-12-14(2)15-6-4-3-5-7-15/h3-12H,1-2H3/b14-12-. The van der Waals surface area contributed by atoms with Gasteiger partial charge in [-0.15, -0.1) is 0 Å². The Labute approximate surface area is 119 Å². The van der Waals surface area contributed by atoms with E-state index in [0.29, 0.717) is 0 Å². The number of hydrogen-bond acceptors (Lipinski definition) is 3. The molecule has 0 radical (unpaired) electrons. The molecule has 0 amide bonds. The smallest absolute Gasteiger partial charge is 0.338 e. The third kappa shape index (κ3) is 3.48. The summed E-state index contributed by atoms with van der Waals surface area (Å²) in [5, 5.41) is 0. The van der Waals surface area contributed by atoms with E-state index in [0.717, 1.165) is 16.7 Å². The van der Waals surface area contributed by atoms with E-state index >= 15 is 0 Å². The summed E-state index contributed by atoms with van der Waals surface area (Å²) in [5.41, 5.74) is 2.67. The predicted molar refractivity (Wildman–Crippen MR) is 79.5 cm³/mol. The molecular formula is C16H16O3S. The van der Waals surface area contributed by atoms with Gasteiger partial charge in [0.1, 0.15) is 11.2 Å². The van der Waals surface area contributed by atoms with Gasteiger partial charge in [0.15, 0.2) is 0 Å². The van der Waals surface area contributed by atoms with E-state index in [1.807, 2.05) is 37.3 Å². The van der Waals surface area contributed by atoms with E-state index in [-0.39, 0.29) is 4.90 Å². The van der Waals surface area contributed by atoms with Gasteiger partial charge in [0.25, 0.3) is 0 Å². The number of aryl methyl sites for hydroxylation is 1. The lowest BCUT2D eigenvalue weighted by atomic mass is 10.1. The SMILES string of the molecule is C/C(=C/OS(=O)(=O)c1ccc(C)cc1)c1ccccc1. The summed E-state index contributed by atoms with van der Waals surface area (Å²) in [6.45, 7) is 3.71. The van der Waals surface area contributed by atoms with Crippen molar-refractivity contribution in [1.82, 2.24) is 0 Å². The molecule has 0 fully saturated rings. The molecule has 0 spiro atoms. The van der Waals surface area contributed by atoms with Crippen LogP contribution in [-0.4, -0.2) is 8.42 Å². The van der Waals surface area contributed by atoms with E-state index in [4.69, 9.17) is 4.18 Å². The molecular weight excluding hydrogens is 272 g/mol. The molecule has 2 aromatic carbocycles. The van der Waals surface area contributed by atoms with Crippen LogP contribution in [0.4, 0.5) is 0 Å². The molecule has 0 aromatic heterocycles. The molecule has 20 heavy (non-hydrogen) atoms. The van der Waals surface area contributed by atoms with Gasteiger partial charge in [0.05, 0.1) is 0 Å². The molecule has 0 saturated carbocycles. The van der Waals surface area contributed by atoms with Crippen LogP contribution >= 0.6 is 0 Å². The maximum Gasteiger partial charge on any atom is 0.338 e. The van der Waals surface area contributed by atoms with Crippen LogP contribution in [0.3, 0.4) is 0 Å². The maximum absolute atomic E-state index is 12.0. The highest BCUT2D eigenvalue weighted by atomic mass is 32.2. The summed E-state index contributed by atoms with van der Waals surface area (Å²) in [4.78, 5) is 0.153. The lowest BCUT2D eigenvalue weighted by Gasteiger charge is -2.05. The number of benzene rings is 2. The van der Waals surface area contributed by atoms with Crippen LogP contribution in [0, 0.1) is 6.92 Å². The first-order chi connectivity index (χ1) is 9.49. The van der Waals surface area contributed by atoms with Crippen molar-refractivity contribution >= 4 is 15.7 Å². The summed E-state index contributed by atoms with van der Waals surface area (Å²) in [6.07, 6.45) is 1.27. The first-order valence-corrected chi connectivity index (χ1v) is 7.62. The van der Waals surface area contributed by atoms with Crippen LogP contribution in [0.5, 0.6) is 0 Å². The van der Waals surface area contributed by atoms with E-state index in [1.165, 1.54) is 18.4 Å². The third-order valence-corrected chi connectivity index (χ3v) is 4.09. The summed E-state index contributed by atoms with van der Waals surface area (Å²) in [5.74, 6) is 0. The Morgan fingerprint density at radius 2 is 1.60 bits per heavy atom. The molecule has 0 bridgehead atoms. The van der Waals surface area contributed by atoms with E-state index in [1.54, 1.807) is 19.1 Å². The second-order valence-electron chi connectivity index (χ2n) is 4.53. The molecule has 0 N–H and O–H groups in total. The van der Waals surface area contributed by atoms with Crippen LogP contribution in [-0.2, 0) is 14.3 Å². The zero-order valence-corrected chi connectivity index (χ0v) is 12.2. The first kappa shape index (κ1) is 14.3. The van der Waals surface area contributed by atoms with Crippen LogP contribution in [0.25, 0.3) is 5.57 Å². The minimum absolute atomic E-state index is 0.153. The predicted octanol–water partition coefficient (Wildman–Crippen LogP) is 3.76. The first-order valence-electron chi connectivity index (χ1n) is 6.21. The lowest BCUT2D eigenvalue weighted by Crippen LogP contribution is -2.02. The number of allylic oxidation sites excluding steroid dienone is 1. The Balaban J connectivity index is 2.19. The minimum atomic E-state index is -3.76. The van der Waals surface area contributed by atoms with Gasteiger partial charge in [0, 0.05) is 0 Å². The molecule has 0 aliphatic carbocycles. The average Bonchev–Trinajstić information content (AvgIpc) is 2.46. The molecule has 3 nitrogen and oxygen atoms in total. The number of hydrogen-bond donors (Lipinski definition) is 0. The maximum atomic E-state index is 12.0. The van der Waals surface area contributed by atoms with E-state index < -0.39 is 10.1 Å². The van der Waals surface area contributed by atoms with Gasteiger partial charge in [-0.25, -0.2) is 0 Å². The molecule has 2 aromatic rings. The van der Waals surface area contributed by atoms with E-state index in [9.17, 15) is 8.42 Å². The molecule has 2 rings (SSSR count). The highest BCUT2D eigenvalue weighted by Crippen LogP contribution is 2.17. The molecule has 0 aliphatic heterocycles. The van der Waals surface area contributed by atoms with Gasteiger partial charge in [-0.1, -0.05) is 48.0 Å². The number of rotatable bonds is 4. The van der Waals surface area contributed by atoms with Gasteiger partial charge in [-0.3, -0.25) is 0 Å². The zero-order valence-electron chi connectivity index (χ0n) is 11.4. The molecule has 0 heterocycles. The second kappa shape index (κ2) is 5.92. The van der Waals surface area contributed by atoms with Gasteiger partial charge in [-0.2, -0.15) is 8.42 Å². The fourth-order valence-corrected chi connectivity index (χ4v) is 2.52. The van der Waals surface area contributed by atoms with Crippen molar-refractivity contribution in [2.24, 2.45) is 0 Å². The van der Waals surface area contributed by atoms with Crippen LogP contribution in [0.1, 0.15) is 18.1 Å². The topological polar surface area (TPSA) is 43.4 Å². The minimum Gasteiger partial charge on any atom is -0.387 e. The molecule has 0 unspecified atom stereocenters. The van der Waals surface area contributed by atoms with Crippen molar-refractivity contribution in [1.29, 1.82) is 0 Å². The summed E-state index contributed by atoms with van der Waals surface area (Å²) < 4.78 is 29.0. The quantitative estimate of drug-likeness (QED) is 0.635. The van der Waals surface area contributed by atoms with Crippen molar-refractivity contribution in [2.45, 2.75) is 18.7 Å². The van der Waals surface area contributed by atoms with Crippen molar-refractivity contribution in [2.75, 3.05) is 0 Å². The Morgan fingerprint density at radius 3 is 2.20 bits per heavy atom. The normalized spacial score (nSPS) is 12.2. The Hall–Kier alpha value is -2.07. The third-order valence-electron chi connectivity index (χ3n) is 2.89. The molecule has 0 atom stereocenters. The highest BCUT2D eigenvalue weighted by Gasteiger charge is 2.13. The largest absolute Gasteiger partial charge is 0.387 e. The van der Waals surface area contributed by atoms with Crippen LogP contribution in [0.2, 0.25) is 0 Å². The highest BCUT2D eigenvalue weighted by molar-refractivity contribution is 7.86. The van der Waals surface area contributed by atoms with Crippen molar-refractivity contribution in [3.8, 4) is 0 Å². The van der Waals surface area contributed by atoms with Gasteiger partial charge >= 0.3 is 10.1 Å². The Bertz CT molecular complexity index is 699. The van der Waals surface area contributed by atoms with Crippen LogP contribution in [0.15, 0.2) is 65.8 Å². The van der Waals surface area contributed by atoms with Gasteiger partial charge in [-0.05, 0) is 37.1 Å². The van der Waals surface area contributed by atoms with Crippen molar-refractivity contribution < 1.29 is 12.6 Å². The summed E-state index contributed by atoms with van der Waals surface area (Å²) in [7, 11) is -3.76. The van der Waals surface area contributed by atoms with Crippen LogP contribution < -0.4 is 0 Å². The Kier molecular flexibility index (Phi) is 4.25. The lowest BCUT2D eigenvalue weighted by molar-refractivity contribution is 0.444. The van der Waals surface area contributed by atoms with Crippen molar-refractivity contribution in [3.63, 3.8) is 0 Å². The molecule has 0 saturated heterocycles. The van der Waals surface area contributed by atoms with Gasteiger partial charge in [0.2, 0.25) is 0 Å². The zero-order chi connectivity index (χ0) is 14.6. The fourth-order valence-electron chi connectivity index (χ4n) is 1.67. The summed E-state index contributed by atoms with van der Waals surface area (Å²) >= 11 is 0.